The fraction of sp³-hybridized carbons (Fsp3) is 0.611. The van der Waals surface area contributed by atoms with E-state index in [0.29, 0.717) is 11.7 Å². The van der Waals surface area contributed by atoms with Crippen LogP contribution < -0.4 is 15.4 Å². The first-order valence-corrected chi connectivity index (χ1v) is 8.59. The SMILES string of the molecule is Cl.O=C(N[C@H]1CCCNC1)c1ccc(OC2CCCCC2)cc1. The van der Waals surface area contributed by atoms with Gasteiger partial charge in [0, 0.05) is 18.2 Å². The van der Waals surface area contributed by atoms with Crippen LogP contribution in [0.1, 0.15) is 55.3 Å². The first-order valence-electron chi connectivity index (χ1n) is 8.59. The van der Waals surface area contributed by atoms with Crippen LogP contribution in [-0.4, -0.2) is 31.1 Å². The van der Waals surface area contributed by atoms with E-state index >= 15 is 0 Å². The summed E-state index contributed by atoms with van der Waals surface area (Å²) in [5.74, 6) is 0.890. The summed E-state index contributed by atoms with van der Waals surface area (Å²) >= 11 is 0. The fourth-order valence-corrected chi connectivity index (χ4v) is 3.30. The lowest BCUT2D eigenvalue weighted by molar-refractivity contribution is 0.0930. The molecular weight excluding hydrogens is 312 g/mol. The summed E-state index contributed by atoms with van der Waals surface area (Å²) in [6, 6.07) is 7.82. The molecule has 3 rings (SSSR count). The van der Waals surface area contributed by atoms with Crippen molar-refractivity contribution in [2.45, 2.75) is 57.1 Å². The minimum Gasteiger partial charge on any atom is -0.490 e. The lowest BCUT2D eigenvalue weighted by atomic mass is 9.98. The standard InChI is InChI=1S/C18H26N2O2.ClH/c21-18(20-15-5-4-12-19-13-15)14-8-10-17(11-9-14)22-16-6-2-1-3-7-16;/h8-11,15-16,19H,1-7,12-13H2,(H,20,21);1H/t15-;/m0./s1. The normalized spacial score (nSPS) is 22.0. The van der Waals surface area contributed by atoms with Gasteiger partial charge in [0.05, 0.1) is 6.10 Å². The Morgan fingerprint density at radius 2 is 1.78 bits per heavy atom. The zero-order valence-corrected chi connectivity index (χ0v) is 14.4. The molecule has 1 heterocycles. The number of carbonyl (C=O) groups excluding carboxylic acids is 1. The van der Waals surface area contributed by atoms with Crippen LogP contribution >= 0.6 is 12.4 Å². The third kappa shape index (κ3) is 5.40. The van der Waals surface area contributed by atoms with Crippen LogP contribution in [0, 0.1) is 0 Å². The molecule has 1 amide bonds. The van der Waals surface area contributed by atoms with Gasteiger partial charge in [-0.2, -0.15) is 0 Å². The van der Waals surface area contributed by atoms with Gasteiger partial charge in [-0.1, -0.05) is 6.42 Å². The van der Waals surface area contributed by atoms with Crippen molar-refractivity contribution < 1.29 is 9.53 Å². The number of amides is 1. The van der Waals surface area contributed by atoms with Crippen LogP contribution in [0.4, 0.5) is 0 Å². The molecule has 23 heavy (non-hydrogen) atoms. The highest BCUT2D eigenvalue weighted by atomic mass is 35.5. The molecule has 1 aliphatic heterocycles. The molecule has 2 aliphatic rings. The maximum absolute atomic E-state index is 12.2. The highest BCUT2D eigenvalue weighted by molar-refractivity contribution is 5.94. The van der Waals surface area contributed by atoms with Gasteiger partial charge in [0.1, 0.15) is 5.75 Å². The second-order valence-electron chi connectivity index (χ2n) is 6.42. The van der Waals surface area contributed by atoms with E-state index in [-0.39, 0.29) is 24.4 Å². The minimum atomic E-state index is 0. The third-order valence-electron chi connectivity index (χ3n) is 4.60. The number of hydrogen-bond acceptors (Lipinski definition) is 3. The summed E-state index contributed by atoms with van der Waals surface area (Å²) < 4.78 is 6.00. The Morgan fingerprint density at radius 1 is 1.04 bits per heavy atom. The van der Waals surface area contributed by atoms with E-state index in [1.807, 2.05) is 24.3 Å². The molecule has 1 aromatic carbocycles. The summed E-state index contributed by atoms with van der Waals surface area (Å²) in [4.78, 5) is 12.2. The van der Waals surface area contributed by atoms with Crippen molar-refractivity contribution in [3.05, 3.63) is 29.8 Å². The summed E-state index contributed by atoms with van der Waals surface area (Å²) in [5, 5.41) is 6.41. The van der Waals surface area contributed by atoms with E-state index in [1.54, 1.807) is 0 Å². The van der Waals surface area contributed by atoms with Gasteiger partial charge in [-0.05, 0) is 69.3 Å². The number of halogens is 1. The van der Waals surface area contributed by atoms with Crippen LogP contribution in [0.5, 0.6) is 5.75 Å². The first kappa shape index (κ1) is 18.1. The topological polar surface area (TPSA) is 50.4 Å². The molecule has 5 heteroatoms. The predicted octanol–water partition coefficient (Wildman–Crippen LogP) is 3.30. The molecular formula is C18H27ClN2O2. The molecule has 2 N–H and O–H groups in total. The molecule has 2 fully saturated rings. The Labute approximate surface area is 144 Å². The summed E-state index contributed by atoms with van der Waals surface area (Å²) in [6.45, 7) is 1.92. The number of ether oxygens (including phenoxy) is 1. The smallest absolute Gasteiger partial charge is 0.251 e. The molecule has 1 saturated carbocycles. The van der Waals surface area contributed by atoms with E-state index < -0.39 is 0 Å². The summed E-state index contributed by atoms with van der Waals surface area (Å²) in [7, 11) is 0. The minimum absolute atomic E-state index is 0. The lowest BCUT2D eigenvalue weighted by Crippen LogP contribution is -2.45. The number of nitrogens with one attached hydrogen (secondary N) is 2. The first-order chi connectivity index (χ1) is 10.8. The molecule has 1 atom stereocenters. The van der Waals surface area contributed by atoms with Crippen molar-refractivity contribution in [3.63, 3.8) is 0 Å². The largest absolute Gasteiger partial charge is 0.490 e. The lowest BCUT2D eigenvalue weighted by Gasteiger charge is -2.24. The van der Waals surface area contributed by atoms with Crippen LogP contribution in [0.3, 0.4) is 0 Å². The highest BCUT2D eigenvalue weighted by Gasteiger charge is 2.17. The molecule has 0 bridgehead atoms. The molecule has 0 spiro atoms. The molecule has 1 saturated heterocycles. The van der Waals surface area contributed by atoms with Crippen molar-refractivity contribution in [2.75, 3.05) is 13.1 Å². The maximum atomic E-state index is 12.2. The number of piperidine rings is 1. The van der Waals surface area contributed by atoms with Gasteiger partial charge in [0.25, 0.3) is 5.91 Å². The van der Waals surface area contributed by atoms with Gasteiger partial charge in [-0.15, -0.1) is 12.4 Å². The monoisotopic (exact) mass is 338 g/mol. The van der Waals surface area contributed by atoms with Crippen molar-refractivity contribution in [1.82, 2.24) is 10.6 Å². The average Bonchev–Trinajstić information content (AvgIpc) is 2.57. The Morgan fingerprint density at radius 3 is 2.43 bits per heavy atom. The number of hydrogen-bond donors (Lipinski definition) is 2. The predicted molar refractivity (Wildman–Crippen MR) is 94.5 cm³/mol. The van der Waals surface area contributed by atoms with Crippen molar-refractivity contribution in [3.8, 4) is 5.75 Å². The van der Waals surface area contributed by atoms with Gasteiger partial charge in [-0.25, -0.2) is 0 Å². The molecule has 0 radical (unpaired) electrons. The van der Waals surface area contributed by atoms with E-state index in [1.165, 1.54) is 19.3 Å². The Kier molecular flexibility index (Phi) is 7.18. The number of benzene rings is 1. The van der Waals surface area contributed by atoms with Gasteiger partial charge < -0.3 is 15.4 Å². The van der Waals surface area contributed by atoms with Crippen LogP contribution in [0.25, 0.3) is 0 Å². The van der Waals surface area contributed by atoms with Crippen molar-refractivity contribution in [2.24, 2.45) is 0 Å². The van der Waals surface area contributed by atoms with Gasteiger partial charge in [-0.3, -0.25) is 4.79 Å². The average molecular weight is 339 g/mol. The molecule has 1 aromatic rings. The van der Waals surface area contributed by atoms with Gasteiger partial charge >= 0.3 is 0 Å². The Balaban J connectivity index is 0.00000192. The fourth-order valence-electron chi connectivity index (χ4n) is 3.30. The Hall–Kier alpha value is -1.26. The molecule has 128 valence electrons. The summed E-state index contributed by atoms with van der Waals surface area (Å²) in [5.41, 5.74) is 0.710. The van der Waals surface area contributed by atoms with E-state index in [2.05, 4.69) is 10.6 Å². The zero-order chi connectivity index (χ0) is 15.2. The Bertz CT molecular complexity index is 480. The molecule has 1 aliphatic carbocycles. The number of rotatable bonds is 4. The highest BCUT2D eigenvalue weighted by Crippen LogP contribution is 2.23. The quantitative estimate of drug-likeness (QED) is 0.885. The second-order valence-corrected chi connectivity index (χ2v) is 6.42. The van der Waals surface area contributed by atoms with Crippen molar-refractivity contribution >= 4 is 18.3 Å². The van der Waals surface area contributed by atoms with Gasteiger partial charge in [0.15, 0.2) is 0 Å². The van der Waals surface area contributed by atoms with E-state index in [4.69, 9.17) is 4.74 Å². The van der Waals surface area contributed by atoms with Crippen molar-refractivity contribution in [1.29, 1.82) is 0 Å². The van der Waals surface area contributed by atoms with Gasteiger partial charge in [0.2, 0.25) is 0 Å². The number of carbonyl (C=O) groups is 1. The zero-order valence-electron chi connectivity index (χ0n) is 13.6. The summed E-state index contributed by atoms with van der Waals surface area (Å²) in [6.07, 6.45) is 8.69. The van der Waals surface area contributed by atoms with Crippen LogP contribution in [0.2, 0.25) is 0 Å². The maximum Gasteiger partial charge on any atom is 0.251 e. The third-order valence-corrected chi connectivity index (χ3v) is 4.60. The van der Waals surface area contributed by atoms with Crippen LogP contribution in [0.15, 0.2) is 24.3 Å². The second kappa shape index (κ2) is 9.14. The molecule has 4 nitrogen and oxygen atoms in total. The molecule has 0 aromatic heterocycles. The molecule has 0 unspecified atom stereocenters. The van der Waals surface area contributed by atoms with E-state index in [9.17, 15) is 4.79 Å². The van der Waals surface area contributed by atoms with Crippen LogP contribution in [-0.2, 0) is 0 Å². The van der Waals surface area contributed by atoms with E-state index in [0.717, 1.165) is 44.5 Å².